The number of carbonyl (C=O) groups excluding carboxylic acids is 1. The summed E-state index contributed by atoms with van der Waals surface area (Å²) in [7, 11) is 0. The molecule has 0 radical (unpaired) electrons. The quantitative estimate of drug-likeness (QED) is 0.335. The zero-order valence-electron chi connectivity index (χ0n) is 19.0. The molecule has 0 saturated carbocycles. The average Bonchev–Trinajstić information content (AvgIpc) is 2.85. The number of alkyl halides is 3. The lowest BCUT2D eigenvalue weighted by molar-refractivity contribution is -0.137. The van der Waals surface area contributed by atoms with Crippen LogP contribution in [0.3, 0.4) is 0 Å². The van der Waals surface area contributed by atoms with Crippen molar-refractivity contribution in [1.29, 1.82) is 0 Å². The highest BCUT2D eigenvalue weighted by molar-refractivity contribution is 6.31. The highest BCUT2D eigenvalue weighted by Crippen LogP contribution is 2.32. The molecule has 1 amide bonds. The summed E-state index contributed by atoms with van der Waals surface area (Å²) < 4.78 is 38.1. The van der Waals surface area contributed by atoms with Crippen LogP contribution in [0.5, 0.6) is 0 Å². The Kier molecular flexibility index (Phi) is 8.14. The van der Waals surface area contributed by atoms with E-state index in [1.165, 1.54) is 24.4 Å². The zero-order valence-corrected chi connectivity index (χ0v) is 20.5. The van der Waals surface area contributed by atoms with Crippen LogP contribution in [0.4, 0.5) is 18.9 Å². The van der Waals surface area contributed by atoms with E-state index in [-0.39, 0.29) is 11.1 Å². The molecule has 1 aliphatic heterocycles. The van der Waals surface area contributed by atoms with E-state index >= 15 is 0 Å². The third kappa shape index (κ3) is 6.75. The lowest BCUT2D eigenvalue weighted by atomic mass is 9.97. The molecule has 2 aromatic carbocycles. The maximum atomic E-state index is 12.7. The van der Waals surface area contributed by atoms with E-state index < -0.39 is 11.7 Å². The Labute approximate surface area is 217 Å². The van der Waals surface area contributed by atoms with Crippen molar-refractivity contribution in [1.82, 2.24) is 9.88 Å². The summed E-state index contributed by atoms with van der Waals surface area (Å²) in [6.45, 7) is 2.13. The van der Waals surface area contributed by atoms with Crippen molar-refractivity contribution in [2.24, 2.45) is 0 Å². The van der Waals surface area contributed by atoms with Crippen molar-refractivity contribution in [2.45, 2.75) is 12.6 Å². The molecule has 0 spiro atoms. The van der Waals surface area contributed by atoms with E-state index in [0.29, 0.717) is 34.9 Å². The second kappa shape index (κ2) is 11.3. The molecule has 0 atom stereocenters. The molecule has 0 aliphatic carbocycles. The molecule has 2 heterocycles. The standard InChI is InChI=1S/C27H22Cl2F3N3O/c28-22-7-8-24(34-26(36)20-9-12-33-25(29)16-20)23(17-22)19-10-14-35(15-11-19)13-1-2-18-3-5-21(6-4-18)27(30,31)32/h1-10,12,16-17H,11,13-15H2,(H,34,36)/b2-1+. The molecule has 186 valence electrons. The van der Waals surface area contributed by atoms with Gasteiger partial charge in [0.2, 0.25) is 0 Å². The van der Waals surface area contributed by atoms with Gasteiger partial charge in [-0.15, -0.1) is 0 Å². The van der Waals surface area contributed by atoms with E-state index in [2.05, 4.69) is 21.3 Å². The summed E-state index contributed by atoms with van der Waals surface area (Å²) in [5, 5.41) is 3.74. The van der Waals surface area contributed by atoms with Gasteiger partial charge in [-0.1, -0.05) is 53.6 Å². The molecule has 1 N–H and O–H groups in total. The number of halogens is 5. The monoisotopic (exact) mass is 531 g/mol. The van der Waals surface area contributed by atoms with Gasteiger partial charge in [-0.05, 0) is 60.0 Å². The lowest BCUT2D eigenvalue weighted by Crippen LogP contribution is -2.28. The van der Waals surface area contributed by atoms with Crippen LogP contribution in [0.15, 0.2) is 72.9 Å². The Balaban J connectivity index is 1.40. The summed E-state index contributed by atoms with van der Waals surface area (Å²) in [5.74, 6) is -0.297. The molecule has 36 heavy (non-hydrogen) atoms. The molecule has 1 aliphatic rings. The number of anilines is 1. The van der Waals surface area contributed by atoms with E-state index in [0.717, 1.165) is 36.2 Å². The first-order chi connectivity index (χ1) is 17.2. The molecular weight excluding hydrogens is 510 g/mol. The minimum absolute atomic E-state index is 0.237. The average molecular weight is 532 g/mol. The fraction of sp³-hybridized carbons (Fsp3) is 0.185. The van der Waals surface area contributed by atoms with E-state index in [1.54, 1.807) is 18.2 Å². The smallest absolute Gasteiger partial charge is 0.321 e. The van der Waals surface area contributed by atoms with Crippen LogP contribution >= 0.6 is 23.2 Å². The van der Waals surface area contributed by atoms with Crippen molar-refractivity contribution in [3.63, 3.8) is 0 Å². The van der Waals surface area contributed by atoms with Crippen LogP contribution in [-0.2, 0) is 6.18 Å². The van der Waals surface area contributed by atoms with Crippen molar-refractivity contribution in [2.75, 3.05) is 25.0 Å². The maximum absolute atomic E-state index is 12.7. The van der Waals surface area contributed by atoms with Crippen molar-refractivity contribution in [3.8, 4) is 0 Å². The molecular formula is C27H22Cl2F3N3O. The first-order valence-corrected chi connectivity index (χ1v) is 11.9. The number of benzene rings is 2. The normalized spacial score (nSPS) is 14.6. The second-order valence-corrected chi connectivity index (χ2v) is 9.10. The molecule has 0 bridgehead atoms. The highest BCUT2D eigenvalue weighted by atomic mass is 35.5. The number of nitrogens with zero attached hydrogens (tertiary/aromatic N) is 2. The molecule has 0 fully saturated rings. The molecule has 9 heteroatoms. The van der Waals surface area contributed by atoms with Crippen molar-refractivity contribution >= 4 is 46.4 Å². The predicted molar refractivity (Wildman–Crippen MR) is 138 cm³/mol. The Morgan fingerprint density at radius 3 is 2.53 bits per heavy atom. The molecule has 0 unspecified atom stereocenters. The highest BCUT2D eigenvalue weighted by Gasteiger charge is 2.29. The predicted octanol–water partition coefficient (Wildman–Crippen LogP) is 7.46. The van der Waals surface area contributed by atoms with Crippen LogP contribution in [0, 0.1) is 0 Å². The lowest BCUT2D eigenvalue weighted by Gasteiger charge is -2.26. The van der Waals surface area contributed by atoms with Gasteiger partial charge in [0.1, 0.15) is 5.15 Å². The number of nitrogens with one attached hydrogen (secondary N) is 1. The minimum Gasteiger partial charge on any atom is -0.321 e. The Morgan fingerprint density at radius 2 is 1.86 bits per heavy atom. The zero-order chi connectivity index (χ0) is 25.7. The summed E-state index contributed by atoms with van der Waals surface area (Å²) in [5.41, 5.74) is 3.04. The van der Waals surface area contributed by atoms with Gasteiger partial charge < -0.3 is 5.32 Å². The fourth-order valence-electron chi connectivity index (χ4n) is 3.87. The molecule has 0 saturated heterocycles. The van der Waals surface area contributed by atoms with Crippen LogP contribution < -0.4 is 5.32 Å². The number of carbonyl (C=O) groups is 1. The van der Waals surface area contributed by atoms with Gasteiger partial charge in [-0.25, -0.2) is 4.98 Å². The van der Waals surface area contributed by atoms with Gasteiger partial charge in [-0.3, -0.25) is 9.69 Å². The number of rotatable bonds is 6. The van der Waals surface area contributed by atoms with E-state index in [1.807, 2.05) is 18.2 Å². The summed E-state index contributed by atoms with van der Waals surface area (Å²) in [4.78, 5) is 18.8. The fourth-order valence-corrected chi connectivity index (χ4v) is 4.22. The van der Waals surface area contributed by atoms with Crippen LogP contribution in [0.2, 0.25) is 10.2 Å². The first-order valence-electron chi connectivity index (χ1n) is 11.2. The van der Waals surface area contributed by atoms with Gasteiger partial charge in [0.15, 0.2) is 0 Å². The molecule has 4 rings (SSSR count). The summed E-state index contributed by atoms with van der Waals surface area (Å²) in [6, 6.07) is 13.5. The topological polar surface area (TPSA) is 45.2 Å². The van der Waals surface area contributed by atoms with Gasteiger partial charge in [0.25, 0.3) is 5.91 Å². The maximum Gasteiger partial charge on any atom is 0.416 e. The minimum atomic E-state index is -4.33. The van der Waals surface area contributed by atoms with Gasteiger partial charge >= 0.3 is 6.18 Å². The third-order valence-electron chi connectivity index (χ3n) is 5.77. The van der Waals surface area contributed by atoms with Crippen LogP contribution in [0.25, 0.3) is 11.6 Å². The first kappa shape index (κ1) is 25.9. The summed E-state index contributed by atoms with van der Waals surface area (Å²) in [6.07, 6.45) is 3.74. The number of aromatic nitrogens is 1. The number of hydrogen-bond acceptors (Lipinski definition) is 3. The Bertz CT molecular complexity index is 1300. The largest absolute Gasteiger partial charge is 0.416 e. The molecule has 3 aromatic rings. The van der Waals surface area contributed by atoms with Gasteiger partial charge in [0, 0.05) is 47.7 Å². The van der Waals surface area contributed by atoms with Crippen LogP contribution in [-0.4, -0.2) is 35.4 Å². The molecule has 1 aromatic heterocycles. The van der Waals surface area contributed by atoms with E-state index in [4.69, 9.17) is 23.2 Å². The SMILES string of the molecule is O=C(Nc1ccc(Cl)cc1C1=CCN(C/C=C/c2ccc(C(F)(F)F)cc2)CC1)c1ccnc(Cl)c1. The number of amides is 1. The summed E-state index contributed by atoms with van der Waals surface area (Å²) >= 11 is 12.2. The third-order valence-corrected chi connectivity index (χ3v) is 6.21. The number of hydrogen-bond donors (Lipinski definition) is 1. The number of pyridine rings is 1. The van der Waals surface area contributed by atoms with Crippen LogP contribution in [0.1, 0.15) is 33.5 Å². The van der Waals surface area contributed by atoms with E-state index in [9.17, 15) is 18.0 Å². The van der Waals surface area contributed by atoms with Crippen molar-refractivity contribution in [3.05, 3.63) is 105 Å². The van der Waals surface area contributed by atoms with Crippen molar-refractivity contribution < 1.29 is 18.0 Å². The Hall–Kier alpha value is -3.13. The molecule has 4 nitrogen and oxygen atoms in total. The Morgan fingerprint density at radius 1 is 1.08 bits per heavy atom. The second-order valence-electron chi connectivity index (χ2n) is 8.27. The van der Waals surface area contributed by atoms with Gasteiger partial charge in [-0.2, -0.15) is 13.2 Å². The van der Waals surface area contributed by atoms with Gasteiger partial charge in [0.05, 0.1) is 5.56 Å².